The van der Waals surface area contributed by atoms with Crippen molar-refractivity contribution < 1.29 is 13.9 Å². The third kappa shape index (κ3) is 5.42. The molecule has 1 amide bonds. The number of rotatable bonds is 7. The molecule has 1 unspecified atom stereocenters. The van der Waals surface area contributed by atoms with Crippen LogP contribution >= 0.6 is 0 Å². The summed E-state index contributed by atoms with van der Waals surface area (Å²) in [6.45, 7) is 13.9. The van der Waals surface area contributed by atoms with Gasteiger partial charge in [0.25, 0.3) is 5.91 Å². The molecule has 1 aliphatic carbocycles. The van der Waals surface area contributed by atoms with E-state index in [1.165, 1.54) is 12.3 Å². The van der Waals surface area contributed by atoms with Gasteiger partial charge < -0.3 is 14.5 Å². The average Bonchev–Trinajstić information content (AvgIpc) is 3.30. The minimum absolute atomic E-state index is 0.147. The molecule has 1 N–H and O–H groups in total. The first-order valence-electron chi connectivity index (χ1n) is 11.5. The standard InChI is InChI=1S/C25H32FN5O2Si/c1-25(2,3)30-24(32)18-11-16(14-33-9-10-34(4,5)6)21-22(18)29-19(12-27-21)23-20-8-7-17(26)13-31(20)15-28-23/h7-8,11-13,15-16H,9-10,14H2,1-6H3,(H,30,32). The minimum Gasteiger partial charge on any atom is -0.381 e. The lowest BCUT2D eigenvalue weighted by Gasteiger charge is -2.21. The van der Waals surface area contributed by atoms with Gasteiger partial charge in [-0.1, -0.05) is 25.7 Å². The molecule has 0 radical (unpaired) electrons. The summed E-state index contributed by atoms with van der Waals surface area (Å²) in [6, 6.07) is 4.12. The summed E-state index contributed by atoms with van der Waals surface area (Å²) in [5.74, 6) is -0.689. The molecule has 0 aromatic carbocycles. The molecular formula is C25H32FN5O2Si. The van der Waals surface area contributed by atoms with E-state index in [1.807, 2.05) is 26.8 Å². The van der Waals surface area contributed by atoms with Crippen LogP contribution in [0.25, 0.3) is 22.5 Å². The molecule has 7 nitrogen and oxygen atoms in total. The number of fused-ring (bicyclic) bond motifs is 2. The van der Waals surface area contributed by atoms with Gasteiger partial charge in [-0.05, 0) is 38.9 Å². The monoisotopic (exact) mass is 481 g/mol. The predicted molar refractivity (Wildman–Crippen MR) is 134 cm³/mol. The van der Waals surface area contributed by atoms with E-state index in [-0.39, 0.29) is 23.2 Å². The number of hydrogen-bond acceptors (Lipinski definition) is 5. The van der Waals surface area contributed by atoms with E-state index in [4.69, 9.17) is 9.72 Å². The van der Waals surface area contributed by atoms with E-state index in [0.29, 0.717) is 41.4 Å². The first-order chi connectivity index (χ1) is 15.9. The number of nitrogens with one attached hydrogen (secondary N) is 1. The van der Waals surface area contributed by atoms with Gasteiger partial charge in [-0.2, -0.15) is 0 Å². The van der Waals surface area contributed by atoms with E-state index < -0.39 is 8.07 Å². The second kappa shape index (κ2) is 9.03. The SMILES string of the molecule is CC(C)(C)NC(=O)C1=CC(COCC[Si](C)(C)C)c2ncc(-c3ncn4cc(F)ccc34)nc21. The van der Waals surface area contributed by atoms with Crippen molar-refractivity contribution in [3.05, 3.63) is 54.1 Å². The Hall–Kier alpha value is -2.91. The van der Waals surface area contributed by atoms with Crippen LogP contribution in [-0.4, -0.2) is 52.1 Å². The molecule has 1 atom stereocenters. The second-order valence-electron chi connectivity index (χ2n) is 11.0. The molecular weight excluding hydrogens is 449 g/mol. The molecule has 0 spiro atoms. The van der Waals surface area contributed by atoms with Gasteiger partial charge in [0.15, 0.2) is 0 Å². The van der Waals surface area contributed by atoms with Crippen LogP contribution in [0.4, 0.5) is 4.39 Å². The number of carbonyl (C=O) groups is 1. The fourth-order valence-electron chi connectivity index (χ4n) is 3.82. The summed E-state index contributed by atoms with van der Waals surface area (Å²) in [7, 11) is -1.19. The molecule has 0 saturated heterocycles. The fourth-order valence-corrected chi connectivity index (χ4v) is 4.57. The molecule has 3 aromatic heterocycles. The Kier molecular flexibility index (Phi) is 6.43. The van der Waals surface area contributed by atoms with Crippen molar-refractivity contribution >= 4 is 25.1 Å². The molecule has 0 aliphatic heterocycles. The molecule has 0 fully saturated rings. The summed E-state index contributed by atoms with van der Waals surface area (Å²) in [5.41, 5.74) is 3.20. The number of ether oxygens (including phenoxy) is 1. The zero-order chi connectivity index (χ0) is 24.7. The highest BCUT2D eigenvalue weighted by Gasteiger charge is 2.32. The van der Waals surface area contributed by atoms with Crippen molar-refractivity contribution in [3.8, 4) is 11.4 Å². The van der Waals surface area contributed by atoms with E-state index in [1.54, 1.807) is 23.0 Å². The van der Waals surface area contributed by atoms with Crippen molar-refractivity contribution in [1.82, 2.24) is 24.7 Å². The van der Waals surface area contributed by atoms with E-state index in [0.717, 1.165) is 11.7 Å². The maximum atomic E-state index is 13.6. The molecule has 180 valence electrons. The maximum Gasteiger partial charge on any atom is 0.253 e. The minimum atomic E-state index is -1.19. The first kappa shape index (κ1) is 24.2. The third-order valence-corrected chi connectivity index (χ3v) is 7.24. The summed E-state index contributed by atoms with van der Waals surface area (Å²) < 4.78 is 21.2. The van der Waals surface area contributed by atoms with Crippen molar-refractivity contribution in [3.63, 3.8) is 0 Å². The maximum absolute atomic E-state index is 13.6. The molecule has 4 rings (SSSR count). The Labute approximate surface area is 200 Å². The molecule has 34 heavy (non-hydrogen) atoms. The van der Waals surface area contributed by atoms with Crippen LogP contribution < -0.4 is 5.32 Å². The number of carbonyl (C=O) groups excluding carboxylic acids is 1. The fraction of sp³-hybridized carbons (Fsp3) is 0.440. The second-order valence-corrected chi connectivity index (χ2v) is 16.6. The van der Waals surface area contributed by atoms with Crippen LogP contribution in [0.1, 0.15) is 38.1 Å². The lowest BCUT2D eigenvalue weighted by atomic mass is 10.1. The molecule has 3 aromatic rings. The Morgan fingerprint density at radius 2 is 1.97 bits per heavy atom. The van der Waals surface area contributed by atoms with Crippen molar-refractivity contribution in [2.75, 3.05) is 13.2 Å². The highest BCUT2D eigenvalue weighted by molar-refractivity contribution is 6.76. The van der Waals surface area contributed by atoms with E-state index in [2.05, 4.69) is 34.9 Å². The molecule has 3 heterocycles. The van der Waals surface area contributed by atoms with Crippen LogP contribution in [0.2, 0.25) is 25.7 Å². The molecule has 1 aliphatic rings. The summed E-state index contributed by atoms with van der Waals surface area (Å²) in [6.07, 6.45) is 6.48. The van der Waals surface area contributed by atoms with Gasteiger partial charge in [-0.25, -0.2) is 14.4 Å². The zero-order valence-electron chi connectivity index (χ0n) is 20.6. The van der Waals surface area contributed by atoms with Crippen LogP contribution in [0, 0.1) is 5.82 Å². The number of hydrogen-bond donors (Lipinski definition) is 1. The van der Waals surface area contributed by atoms with Gasteiger partial charge in [0, 0.05) is 32.3 Å². The molecule has 0 saturated carbocycles. The Balaban J connectivity index is 1.66. The highest BCUT2D eigenvalue weighted by Crippen LogP contribution is 2.36. The van der Waals surface area contributed by atoms with Crippen LogP contribution in [0.5, 0.6) is 0 Å². The largest absolute Gasteiger partial charge is 0.381 e. The average molecular weight is 482 g/mol. The van der Waals surface area contributed by atoms with Crippen LogP contribution in [-0.2, 0) is 9.53 Å². The van der Waals surface area contributed by atoms with Gasteiger partial charge >= 0.3 is 0 Å². The van der Waals surface area contributed by atoms with Gasteiger partial charge in [-0.15, -0.1) is 0 Å². The normalized spacial score (nSPS) is 16.0. The van der Waals surface area contributed by atoms with E-state index in [9.17, 15) is 9.18 Å². The van der Waals surface area contributed by atoms with Crippen molar-refractivity contribution in [2.24, 2.45) is 0 Å². The lowest BCUT2D eigenvalue weighted by molar-refractivity contribution is -0.116. The number of amides is 1. The number of halogens is 1. The third-order valence-electron chi connectivity index (χ3n) is 5.54. The summed E-state index contributed by atoms with van der Waals surface area (Å²) >= 11 is 0. The molecule has 0 bridgehead atoms. The number of aromatic nitrogens is 4. The van der Waals surface area contributed by atoms with E-state index >= 15 is 0 Å². The Morgan fingerprint density at radius 1 is 1.21 bits per heavy atom. The van der Waals surface area contributed by atoms with Crippen LogP contribution in [0.3, 0.4) is 0 Å². The first-order valence-corrected chi connectivity index (χ1v) is 15.2. The number of nitrogens with zero attached hydrogens (tertiary/aromatic N) is 4. The zero-order valence-corrected chi connectivity index (χ0v) is 21.6. The molecule has 9 heteroatoms. The Morgan fingerprint density at radius 3 is 2.68 bits per heavy atom. The van der Waals surface area contributed by atoms with Crippen molar-refractivity contribution in [2.45, 2.75) is 57.9 Å². The quantitative estimate of drug-likeness (QED) is 0.391. The topological polar surface area (TPSA) is 81.4 Å². The van der Waals surface area contributed by atoms with Crippen molar-refractivity contribution in [1.29, 1.82) is 0 Å². The number of pyridine rings is 1. The van der Waals surface area contributed by atoms with Gasteiger partial charge in [0.2, 0.25) is 0 Å². The summed E-state index contributed by atoms with van der Waals surface area (Å²) in [4.78, 5) is 27.0. The lowest BCUT2D eigenvalue weighted by Crippen LogP contribution is -2.40. The van der Waals surface area contributed by atoms with Gasteiger partial charge in [-0.3, -0.25) is 9.78 Å². The number of imidazole rings is 1. The predicted octanol–water partition coefficient (Wildman–Crippen LogP) is 4.68. The summed E-state index contributed by atoms with van der Waals surface area (Å²) in [5, 5.41) is 3.03. The Bertz CT molecular complexity index is 1260. The highest BCUT2D eigenvalue weighted by atomic mass is 28.3. The van der Waals surface area contributed by atoms with Gasteiger partial charge in [0.1, 0.15) is 23.5 Å². The smallest absolute Gasteiger partial charge is 0.253 e. The van der Waals surface area contributed by atoms with Crippen LogP contribution in [0.15, 0.2) is 36.9 Å². The van der Waals surface area contributed by atoms with Gasteiger partial charge in [0.05, 0.1) is 35.3 Å².